The number of carbonyl (C=O) groups is 4. The standard InChI is InChI=1S/2C11H20N2O2.CH4/c2*1-3-5-8-6-10(14)13(7-8)9(4-2)11(12)15;/h2*8-9H,3-7H2,1-2H3,(H2,12,15);1H4/t8?,9-;8-,9+;/m01./s1. The zero-order valence-corrected chi connectivity index (χ0v) is 19.1. The summed E-state index contributed by atoms with van der Waals surface area (Å²) in [5.74, 6) is 0.219. The summed E-state index contributed by atoms with van der Waals surface area (Å²) in [5, 5.41) is 0. The van der Waals surface area contributed by atoms with E-state index in [2.05, 4.69) is 13.8 Å². The maximum absolute atomic E-state index is 11.7. The average molecular weight is 441 g/mol. The van der Waals surface area contributed by atoms with Gasteiger partial charge in [0.15, 0.2) is 0 Å². The Kier molecular flexibility index (Phi) is 13.1. The number of likely N-dealkylation sites (tertiary alicyclic amines) is 2. The van der Waals surface area contributed by atoms with Gasteiger partial charge < -0.3 is 21.3 Å². The van der Waals surface area contributed by atoms with Crippen LogP contribution in [0.4, 0.5) is 0 Å². The minimum absolute atomic E-state index is 0. The fourth-order valence-corrected chi connectivity index (χ4v) is 4.57. The summed E-state index contributed by atoms with van der Waals surface area (Å²) < 4.78 is 0. The first kappa shape index (κ1) is 28.9. The van der Waals surface area contributed by atoms with Crippen molar-refractivity contribution in [2.24, 2.45) is 23.3 Å². The number of hydrogen-bond donors (Lipinski definition) is 2. The van der Waals surface area contributed by atoms with Crippen molar-refractivity contribution in [3.05, 3.63) is 0 Å². The highest BCUT2D eigenvalue weighted by Crippen LogP contribution is 2.25. The summed E-state index contributed by atoms with van der Waals surface area (Å²) in [5.41, 5.74) is 10.6. The molecule has 4 amide bonds. The lowest BCUT2D eigenvalue weighted by molar-refractivity contribution is -0.136. The molecule has 1 unspecified atom stereocenters. The van der Waals surface area contributed by atoms with Crippen LogP contribution in [0.5, 0.6) is 0 Å². The summed E-state index contributed by atoms with van der Waals surface area (Å²) in [6, 6.07) is -0.807. The number of nitrogens with zero attached hydrogens (tertiary/aromatic N) is 2. The fourth-order valence-electron chi connectivity index (χ4n) is 4.57. The van der Waals surface area contributed by atoms with Gasteiger partial charge in [0, 0.05) is 25.9 Å². The van der Waals surface area contributed by atoms with Crippen molar-refractivity contribution in [3.8, 4) is 0 Å². The van der Waals surface area contributed by atoms with Crippen molar-refractivity contribution in [3.63, 3.8) is 0 Å². The predicted molar refractivity (Wildman–Crippen MR) is 123 cm³/mol. The van der Waals surface area contributed by atoms with Crippen LogP contribution in [0.25, 0.3) is 0 Å². The monoisotopic (exact) mass is 440 g/mol. The van der Waals surface area contributed by atoms with Crippen molar-refractivity contribution in [1.82, 2.24) is 9.80 Å². The lowest BCUT2D eigenvalue weighted by atomic mass is 10.0. The van der Waals surface area contributed by atoms with Crippen molar-refractivity contribution >= 4 is 23.6 Å². The molecular weight excluding hydrogens is 396 g/mol. The lowest BCUT2D eigenvalue weighted by Crippen LogP contribution is -2.45. The average Bonchev–Trinajstić information content (AvgIpc) is 3.20. The predicted octanol–water partition coefficient (Wildman–Crippen LogP) is 2.43. The largest absolute Gasteiger partial charge is 0.368 e. The molecule has 4 atom stereocenters. The molecule has 0 bridgehead atoms. The van der Waals surface area contributed by atoms with E-state index < -0.39 is 12.1 Å². The molecule has 8 heteroatoms. The maximum atomic E-state index is 11.7. The van der Waals surface area contributed by atoms with Crippen LogP contribution in [-0.2, 0) is 19.2 Å². The van der Waals surface area contributed by atoms with Crippen molar-refractivity contribution in [2.45, 2.75) is 98.6 Å². The van der Waals surface area contributed by atoms with E-state index >= 15 is 0 Å². The fraction of sp³-hybridized carbons (Fsp3) is 0.826. The first-order chi connectivity index (χ1) is 14.2. The van der Waals surface area contributed by atoms with Gasteiger partial charge in [0.25, 0.3) is 0 Å². The van der Waals surface area contributed by atoms with Crippen LogP contribution >= 0.6 is 0 Å². The Morgan fingerprint density at radius 2 is 1.13 bits per heavy atom. The number of amides is 4. The number of carbonyl (C=O) groups excluding carboxylic acids is 4. The van der Waals surface area contributed by atoms with E-state index in [-0.39, 0.29) is 31.1 Å². The van der Waals surface area contributed by atoms with Crippen molar-refractivity contribution < 1.29 is 19.2 Å². The van der Waals surface area contributed by atoms with Gasteiger partial charge in [-0.1, -0.05) is 48.0 Å². The van der Waals surface area contributed by atoms with Crippen LogP contribution in [0.1, 0.15) is 86.5 Å². The van der Waals surface area contributed by atoms with E-state index in [9.17, 15) is 19.2 Å². The second-order valence-electron chi connectivity index (χ2n) is 8.46. The van der Waals surface area contributed by atoms with Gasteiger partial charge in [0.1, 0.15) is 12.1 Å². The minimum atomic E-state index is -0.403. The Labute approximate surface area is 188 Å². The minimum Gasteiger partial charge on any atom is -0.368 e. The number of rotatable bonds is 10. The highest BCUT2D eigenvalue weighted by molar-refractivity contribution is 5.88. The number of hydrogen-bond acceptors (Lipinski definition) is 4. The molecule has 0 aliphatic carbocycles. The normalized spacial score (nSPS) is 22.5. The second kappa shape index (κ2) is 14.0. The van der Waals surface area contributed by atoms with E-state index in [0.717, 1.165) is 25.7 Å². The van der Waals surface area contributed by atoms with Crippen molar-refractivity contribution in [2.75, 3.05) is 13.1 Å². The van der Waals surface area contributed by atoms with Crippen LogP contribution in [0.3, 0.4) is 0 Å². The molecule has 2 aliphatic rings. The van der Waals surface area contributed by atoms with Gasteiger partial charge in [-0.2, -0.15) is 0 Å². The van der Waals surface area contributed by atoms with Crippen LogP contribution in [-0.4, -0.2) is 58.6 Å². The molecule has 31 heavy (non-hydrogen) atoms. The molecule has 4 N–H and O–H groups in total. The molecule has 0 radical (unpaired) electrons. The Bertz CT molecular complexity index is 558. The Morgan fingerprint density at radius 3 is 1.35 bits per heavy atom. The Balaban J connectivity index is 0.000000562. The highest BCUT2D eigenvalue weighted by Gasteiger charge is 2.36. The van der Waals surface area contributed by atoms with E-state index in [1.807, 2.05) is 13.8 Å². The molecule has 2 fully saturated rings. The third-order valence-corrected chi connectivity index (χ3v) is 6.05. The van der Waals surface area contributed by atoms with Gasteiger partial charge in [-0.25, -0.2) is 0 Å². The molecule has 0 spiro atoms. The topological polar surface area (TPSA) is 127 Å². The quantitative estimate of drug-likeness (QED) is 0.541. The SMILES string of the molecule is C.CCCC1CC(=O)N([C@@H](CC)C(N)=O)C1.CCC[C@@H]1CC(=O)N([C@@H](CC)C(N)=O)C1. The molecule has 180 valence electrons. The first-order valence-electron chi connectivity index (χ1n) is 11.4. The van der Waals surface area contributed by atoms with Crippen LogP contribution in [0.2, 0.25) is 0 Å². The Hall–Kier alpha value is -2.12. The van der Waals surface area contributed by atoms with E-state index in [0.29, 0.717) is 50.6 Å². The van der Waals surface area contributed by atoms with E-state index in [4.69, 9.17) is 11.5 Å². The molecule has 2 aliphatic heterocycles. The van der Waals surface area contributed by atoms with Crippen LogP contribution in [0, 0.1) is 11.8 Å². The Morgan fingerprint density at radius 1 is 0.806 bits per heavy atom. The molecule has 8 nitrogen and oxygen atoms in total. The molecule has 0 aromatic carbocycles. The second-order valence-corrected chi connectivity index (χ2v) is 8.46. The number of nitrogens with two attached hydrogens (primary N) is 2. The molecule has 2 saturated heterocycles. The van der Waals surface area contributed by atoms with Gasteiger partial charge in [-0.3, -0.25) is 19.2 Å². The molecule has 2 rings (SSSR count). The highest BCUT2D eigenvalue weighted by atomic mass is 16.2. The summed E-state index contributed by atoms with van der Waals surface area (Å²) in [4.78, 5) is 49.0. The van der Waals surface area contributed by atoms with Gasteiger partial charge in [0.2, 0.25) is 23.6 Å². The molecule has 2 heterocycles. The van der Waals surface area contributed by atoms with Gasteiger partial charge in [-0.15, -0.1) is 0 Å². The molecular formula is C23H44N4O4. The summed E-state index contributed by atoms with van der Waals surface area (Å²) in [7, 11) is 0. The smallest absolute Gasteiger partial charge is 0.240 e. The van der Waals surface area contributed by atoms with E-state index in [1.165, 1.54) is 0 Å². The van der Waals surface area contributed by atoms with E-state index in [1.54, 1.807) is 9.80 Å². The third-order valence-electron chi connectivity index (χ3n) is 6.05. The lowest BCUT2D eigenvalue weighted by Gasteiger charge is -2.24. The van der Waals surface area contributed by atoms with Gasteiger partial charge in [0.05, 0.1) is 0 Å². The maximum Gasteiger partial charge on any atom is 0.240 e. The summed E-state index contributed by atoms with van der Waals surface area (Å²) >= 11 is 0. The van der Waals surface area contributed by atoms with Crippen molar-refractivity contribution in [1.29, 1.82) is 0 Å². The molecule has 0 saturated carbocycles. The summed E-state index contributed by atoms with van der Waals surface area (Å²) in [6.45, 7) is 9.39. The van der Waals surface area contributed by atoms with Gasteiger partial charge in [-0.05, 0) is 37.5 Å². The zero-order valence-electron chi connectivity index (χ0n) is 19.1. The third kappa shape index (κ3) is 8.15. The molecule has 0 aromatic rings. The first-order valence-corrected chi connectivity index (χ1v) is 11.4. The molecule has 0 aromatic heterocycles. The van der Waals surface area contributed by atoms with Crippen LogP contribution < -0.4 is 11.5 Å². The van der Waals surface area contributed by atoms with Gasteiger partial charge >= 0.3 is 0 Å². The zero-order chi connectivity index (χ0) is 22.8. The number of primary amides is 2. The summed E-state index contributed by atoms with van der Waals surface area (Å²) in [6.07, 6.45) is 6.66. The van der Waals surface area contributed by atoms with Crippen LogP contribution in [0.15, 0.2) is 0 Å².